The van der Waals surface area contributed by atoms with Gasteiger partial charge in [-0.15, -0.1) is 0 Å². The molecule has 2 N–H and O–H groups in total. The predicted molar refractivity (Wildman–Crippen MR) is 84.5 cm³/mol. The number of unbranched alkanes of at least 4 members (excludes halogenated alkanes) is 1. The maximum Gasteiger partial charge on any atom is 0.111 e. The fourth-order valence-corrected chi connectivity index (χ4v) is 3.24. The maximum absolute atomic E-state index is 11.3. The monoisotopic (exact) mass is 312 g/mol. The van der Waals surface area contributed by atoms with Crippen molar-refractivity contribution in [3.8, 4) is 0 Å². The van der Waals surface area contributed by atoms with E-state index in [1.54, 1.807) is 25.4 Å². The fourth-order valence-electron chi connectivity index (χ4n) is 3.08. The van der Waals surface area contributed by atoms with Crippen LogP contribution in [0.3, 0.4) is 0 Å². The Morgan fingerprint density at radius 1 is 1.52 bits per heavy atom. The molecule has 1 saturated heterocycles. The van der Waals surface area contributed by atoms with Crippen molar-refractivity contribution in [2.24, 2.45) is 5.92 Å². The molecule has 2 atom stereocenters. The van der Waals surface area contributed by atoms with Crippen molar-refractivity contribution < 1.29 is 9.84 Å². The minimum absolute atomic E-state index is 0.180. The van der Waals surface area contributed by atoms with Crippen LogP contribution in [0.2, 0.25) is 5.02 Å². The molecule has 2 rings (SSSR count). The van der Waals surface area contributed by atoms with Crippen molar-refractivity contribution in [3.63, 3.8) is 0 Å². The number of aromatic nitrogens is 1. The molecule has 0 saturated carbocycles. The Morgan fingerprint density at radius 3 is 3.05 bits per heavy atom. The SMILES string of the molecule is COCCCCC(O)(c1cc(Cl)ccn1)[C@@H]1CCCNC1. The molecule has 0 aliphatic carbocycles. The zero-order valence-electron chi connectivity index (χ0n) is 12.6. The lowest BCUT2D eigenvalue weighted by Crippen LogP contribution is -2.44. The van der Waals surface area contributed by atoms with E-state index in [2.05, 4.69) is 10.3 Å². The second-order valence-corrected chi connectivity index (χ2v) is 6.21. The lowest BCUT2D eigenvalue weighted by Gasteiger charge is -2.38. The van der Waals surface area contributed by atoms with Gasteiger partial charge in [0.1, 0.15) is 5.60 Å². The van der Waals surface area contributed by atoms with Gasteiger partial charge in [-0.1, -0.05) is 11.6 Å². The second kappa shape index (κ2) is 8.08. The molecule has 1 fully saturated rings. The van der Waals surface area contributed by atoms with E-state index in [-0.39, 0.29) is 5.92 Å². The van der Waals surface area contributed by atoms with Gasteiger partial charge < -0.3 is 15.2 Å². The molecular formula is C16H25ClN2O2. The molecule has 1 aliphatic heterocycles. The zero-order chi connectivity index (χ0) is 15.1. The van der Waals surface area contributed by atoms with Gasteiger partial charge in [-0.3, -0.25) is 4.98 Å². The van der Waals surface area contributed by atoms with E-state index in [9.17, 15) is 5.11 Å². The fraction of sp³-hybridized carbons (Fsp3) is 0.688. The first-order valence-corrected chi connectivity index (χ1v) is 8.08. The number of pyridine rings is 1. The van der Waals surface area contributed by atoms with Gasteiger partial charge in [0.05, 0.1) is 5.69 Å². The molecule has 5 heteroatoms. The second-order valence-electron chi connectivity index (χ2n) is 5.78. The highest BCUT2D eigenvalue weighted by atomic mass is 35.5. The topological polar surface area (TPSA) is 54.4 Å². The summed E-state index contributed by atoms with van der Waals surface area (Å²) in [7, 11) is 1.70. The average molecular weight is 313 g/mol. The number of ether oxygens (including phenoxy) is 1. The van der Waals surface area contributed by atoms with Gasteiger partial charge in [0, 0.05) is 37.4 Å². The van der Waals surface area contributed by atoms with E-state index in [1.807, 2.05) is 0 Å². The number of methoxy groups -OCH3 is 1. The van der Waals surface area contributed by atoms with Crippen molar-refractivity contribution >= 4 is 11.6 Å². The van der Waals surface area contributed by atoms with Crippen LogP contribution in [-0.2, 0) is 10.3 Å². The van der Waals surface area contributed by atoms with Gasteiger partial charge in [0.15, 0.2) is 0 Å². The zero-order valence-corrected chi connectivity index (χ0v) is 13.4. The number of rotatable bonds is 7. The molecule has 1 aromatic heterocycles. The minimum Gasteiger partial charge on any atom is -0.385 e. The van der Waals surface area contributed by atoms with Gasteiger partial charge in [-0.25, -0.2) is 0 Å². The van der Waals surface area contributed by atoms with Crippen LogP contribution in [0.1, 0.15) is 37.8 Å². The lowest BCUT2D eigenvalue weighted by atomic mass is 9.76. The Kier molecular flexibility index (Phi) is 6.42. The number of halogens is 1. The number of nitrogens with one attached hydrogen (secondary N) is 1. The molecule has 0 amide bonds. The van der Waals surface area contributed by atoms with E-state index in [4.69, 9.17) is 16.3 Å². The van der Waals surface area contributed by atoms with E-state index in [0.29, 0.717) is 17.1 Å². The molecule has 2 heterocycles. The van der Waals surface area contributed by atoms with Crippen LogP contribution in [0.25, 0.3) is 0 Å². The lowest BCUT2D eigenvalue weighted by molar-refractivity contribution is -0.0469. The highest BCUT2D eigenvalue weighted by molar-refractivity contribution is 6.30. The number of hydrogen-bond acceptors (Lipinski definition) is 4. The first-order chi connectivity index (χ1) is 10.2. The summed E-state index contributed by atoms with van der Waals surface area (Å²) in [6.45, 7) is 2.58. The third-order valence-corrected chi connectivity index (χ3v) is 4.53. The average Bonchev–Trinajstić information content (AvgIpc) is 2.52. The summed E-state index contributed by atoms with van der Waals surface area (Å²) >= 11 is 6.09. The third-order valence-electron chi connectivity index (χ3n) is 4.29. The van der Waals surface area contributed by atoms with Crippen molar-refractivity contribution in [3.05, 3.63) is 29.0 Å². The van der Waals surface area contributed by atoms with Crippen LogP contribution in [0.4, 0.5) is 0 Å². The molecule has 1 aromatic rings. The first kappa shape index (κ1) is 16.7. The number of aliphatic hydroxyl groups is 1. The van der Waals surface area contributed by atoms with Gasteiger partial charge >= 0.3 is 0 Å². The van der Waals surface area contributed by atoms with Crippen LogP contribution in [0.15, 0.2) is 18.3 Å². The molecule has 21 heavy (non-hydrogen) atoms. The minimum atomic E-state index is -0.911. The summed E-state index contributed by atoms with van der Waals surface area (Å²) in [4.78, 5) is 4.39. The Labute approximate surface area is 131 Å². The molecule has 0 radical (unpaired) electrons. The van der Waals surface area contributed by atoms with Gasteiger partial charge in [-0.05, 0) is 50.8 Å². The molecule has 4 nitrogen and oxygen atoms in total. The number of nitrogens with zero attached hydrogens (tertiary/aromatic N) is 1. The molecule has 1 aliphatic rings. The summed E-state index contributed by atoms with van der Waals surface area (Å²) in [6, 6.07) is 3.54. The highest BCUT2D eigenvalue weighted by Crippen LogP contribution is 2.37. The van der Waals surface area contributed by atoms with Crippen LogP contribution < -0.4 is 5.32 Å². The smallest absolute Gasteiger partial charge is 0.111 e. The molecule has 0 aromatic carbocycles. The number of piperidine rings is 1. The predicted octanol–water partition coefficient (Wildman–Crippen LogP) is 2.74. The third kappa shape index (κ3) is 4.39. The van der Waals surface area contributed by atoms with Crippen LogP contribution >= 0.6 is 11.6 Å². The van der Waals surface area contributed by atoms with Crippen LogP contribution in [-0.4, -0.2) is 36.9 Å². The van der Waals surface area contributed by atoms with Crippen LogP contribution in [0.5, 0.6) is 0 Å². The maximum atomic E-state index is 11.3. The van der Waals surface area contributed by atoms with Crippen molar-refractivity contribution in [2.45, 2.75) is 37.7 Å². The Hall–Kier alpha value is -0.680. The van der Waals surface area contributed by atoms with Gasteiger partial charge in [0.2, 0.25) is 0 Å². The summed E-state index contributed by atoms with van der Waals surface area (Å²) in [6.07, 6.45) is 6.33. The standard InChI is InChI=1S/C16H25ClN2O2/c1-21-10-3-2-7-16(20,13-5-4-8-18-12-13)15-11-14(17)6-9-19-15/h6,9,11,13,18,20H,2-5,7-8,10,12H2,1H3/t13-,16?/m1/s1. The molecule has 0 spiro atoms. The Balaban J connectivity index is 2.15. The van der Waals surface area contributed by atoms with E-state index in [1.165, 1.54) is 0 Å². The van der Waals surface area contributed by atoms with Gasteiger partial charge in [-0.2, -0.15) is 0 Å². The molecule has 118 valence electrons. The van der Waals surface area contributed by atoms with Crippen molar-refractivity contribution in [1.29, 1.82) is 0 Å². The first-order valence-electron chi connectivity index (χ1n) is 7.71. The van der Waals surface area contributed by atoms with E-state index in [0.717, 1.165) is 45.4 Å². The van der Waals surface area contributed by atoms with Crippen molar-refractivity contribution in [2.75, 3.05) is 26.8 Å². The van der Waals surface area contributed by atoms with Gasteiger partial charge in [0.25, 0.3) is 0 Å². The number of hydrogen-bond donors (Lipinski definition) is 2. The Bertz CT molecular complexity index is 438. The normalized spacial score (nSPS) is 22.0. The summed E-state index contributed by atoms with van der Waals surface area (Å²) in [5.41, 5.74) is -0.215. The molecule has 1 unspecified atom stereocenters. The Morgan fingerprint density at radius 2 is 2.38 bits per heavy atom. The summed E-state index contributed by atoms with van der Waals surface area (Å²) in [5.74, 6) is 0.180. The molecular weight excluding hydrogens is 288 g/mol. The quantitative estimate of drug-likeness (QED) is 0.760. The highest BCUT2D eigenvalue weighted by Gasteiger charge is 2.39. The van der Waals surface area contributed by atoms with Crippen molar-refractivity contribution in [1.82, 2.24) is 10.3 Å². The summed E-state index contributed by atoms with van der Waals surface area (Å²) < 4.78 is 5.10. The van der Waals surface area contributed by atoms with Crippen LogP contribution in [0, 0.1) is 5.92 Å². The summed E-state index contributed by atoms with van der Waals surface area (Å²) in [5, 5.41) is 15.3. The largest absolute Gasteiger partial charge is 0.385 e. The van der Waals surface area contributed by atoms with E-state index < -0.39 is 5.60 Å². The van der Waals surface area contributed by atoms with E-state index >= 15 is 0 Å². The molecule has 0 bridgehead atoms.